The lowest BCUT2D eigenvalue weighted by Crippen LogP contribution is -2.45. The number of carbonyl (C=O) groups is 1. The first-order valence-corrected chi connectivity index (χ1v) is 12.9. The van der Waals surface area contributed by atoms with Crippen molar-refractivity contribution in [3.05, 3.63) is 88.3 Å². The van der Waals surface area contributed by atoms with Crippen LogP contribution in [-0.2, 0) is 12.8 Å². The van der Waals surface area contributed by atoms with E-state index in [1.54, 1.807) is 24.3 Å². The van der Waals surface area contributed by atoms with E-state index in [4.69, 9.17) is 0 Å². The zero-order chi connectivity index (χ0) is 26.4. The standard InChI is InChI=1S/C30H33F2N3O2/c1-19(2)17-33-28(36)27-20(5-4-6-25(27)32)11-13-30(37)14-12-22-15-26-21(16-29(22,30)3)18-34-35(26)24-9-7-23(31)8-10-24/h4-10,15,18-19,37H,11-14,16-17H2,1-3H3,(H,33,36)/t29-,30-/m0/s1. The fourth-order valence-electron chi connectivity index (χ4n) is 5.88. The van der Waals surface area contributed by atoms with Gasteiger partial charge < -0.3 is 10.4 Å². The molecule has 194 valence electrons. The number of carbonyl (C=O) groups excluding carboxylic acids is 1. The summed E-state index contributed by atoms with van der Waals surface area (Å²) in [6.07, 6.45) is 6.69. The highest BCUT2D eigenvalue weighted by atomic mass is 19.1. The molecule has 2 N–H and O–H groups in total. The van der Waals surface area contributed by atoms with Crippen molar-refractivity contribution < 1.29 is 18.7 Å². The molecular weight excluding hydrogens is 472 g/mol. The van der Waals surface area contributed by atoms with E-state index in [1.165, 1.54) is 18.2 Å². The smallest absolute Gasteiger partial charge is 0.254 e. The van der Waals surface area contributed by atoms with Crippen LogP contribution in [0, 0.1) is 23.0 Å². The second-order valence-corrected chi connectivity index (χ2v) is 11.0. The third kappa shape index (κ3) is 4.50. The molecule has 0 saturated heterocycles. The predicted octanol–water partition coefficient (Wildman–Crippen LogP) is 5.64. The predicted molar refractivity (Wildman–Crippen MR) is 139 cm³/mol. The summed E-state index contributed by atoms with van der Waals surface area (Å²) >= 11 is 0. The molecule has 2 aromatic carbocycles. The van der Waals surface area contributed by atoms with Crippen molar-refractivity contribution >= 4 is 12.0 Å². The first-order valence-electron chi connectivity index (χ1n) is 12.9. The Balaban J connectivity index is 1.39. The number of hydrogen-bond acceptors (Lipinski definition) is 3. The van der Waals surface area contributed by atoms with E-state index in [0.29, 0.717) is 37.8 Å². The Labute approximate surface area is 216 Å². The summed E-state index contributed by atoms with van der Waals surface area (Å²) in [4.78, 5) is 12.8. The Kier molecular flexibility index (Phi) is 6.52. The van der Waals surface area contributed by atoms with Gasteiger partial charge in [-0.2, -0.15) is 5.10 Å². The van der Waals surface area contributed by atoms with Crippen molar-refractivity contribution in [3.63, 3.8) is 0 Å². The minimum atomic E-state index is -1.01. The number of aliphatic hydroxyl groups is 1. The van der Waals surface area contributed by atoms with Gasteiger partial charge in [-0.25, -0.2) is 13.5 Å². The first kappa shape index (κ1) is 25.3. The number of aromatic nitrogens is 2. The number of aryl methyl sites for hydroxylation is 1. The molecule has 1 heterocycles. The Bertz CT molecular complexity index is 1360. The maximum atomic E-state index is 14.7. The monoisotopic (exact) mass is 505 g/mol. The molecule has 3 aromatic rings. The minimum absolute atomic E-state index is 0.0668. The van der Waals surface area contributed by atoms with Crippen LogP contribution < -0.4 is 5.32 Å². The van der Waals surface area contributed by atoms with E-state index in [-0.39, 0.29) is 17.3 Å². The molecule has 0 aliphatic heterocycles. The van der Waals surface area contributed by atoms with Gasteiger partial charge in [0.25, 0.3) is 5.91 Å². The molecule has 1 amide bonds. The van der Waals surface area contributed by atoms with Gasteiger partial charge in [-0.1, -0.05) is 38.5 Å². The maximum absolute atomic E-state index is 14.7. The Morgan fingerprint density at radius 1 is 1.19 bits per heavy atom. The molecular formula is C30H33F2N3O2. The Morgan fingerprint density at radius 2 is 1.95 bits per heavy atom. The van der Waals surface area contributed by atoms with Gasteiger partial charge in [0.05, 0.1) is 28.7 Å². The molecule has 0 bridgehead atoms. The number of amides is 1. The minimum Gasteiger partial charge on any atom is -0.389 e. The normalized spacial score (nSPS) is 22.5. The summed E-state index contributed by atoms with van der Waals surface area (Å²) < 4.78 is 30.0. The second kappa shape index (κ2) is 9.53. The highest BCUT2D eigenvalue weighted by Gasteiger charge is 2.54. The van der Waals surface area contributed by atoms with Crippen LogP contribution in [0.5, 0.6) is 0 Å². The van der Waals surface area contributed by atoms with Crippen molar-refractivity contribution in [1.29, 1.82) is 0 Å². The van der Waals surface area contributed by atoms with E-state index in [1.807, 2.05) is 24.7 Å². The SMILES string of the molecule is CC(C)CNC(=O)c1c(F)cccc1CC[C@]1(O)CCC2=Cc3c(cnn3-c3ccc(F)cc3)C[C@@]21C. The summed E-state index contributed by atoms with van der Waals surface area (Å²) in [5.41, 5.74) is 3.09. The summed E-state index contributed by atoms with van der Waals surface area (Å²) in [7, 11) is 0. The molecule has 2 aliphatic rings. The molecule has 0 unspecified atom stereocenters. The van der Waals surface area contributed by atoms with E-state index < -0.39 is 22.7 Å². The average Bonchev–Trinajstić information content (AvgIpc) is 3.38. The molecule has 7 heteroatoms. The molecule has 1 aromatic heterocycles. The van der Waals surface area contributed by atoms with Crippen LogP contribution >= 0.6 is 0 Å². The molecule has 1 saturated carbocycles. The van der Waals surface area contributed by atoms with E-state index in [2.05, 4.69) is 23.4 Å². The zero-order valence-electron chi connectivity index (χ0n) is 21.5. The van der Waals surface area contributed by atoms with Gasteiger partial charge in [0.1, 0.15) is 11.6 Å². The lowest BCUT2D eigenvalue weighted by atomic mass is 9.65. The maximum Gasteiger partial charge on any atom is 0.254 e. The van der Waals surface area contributed by atoms with Crippen LogP contribution in [0.15, 0.2) is 54.2 Å². The van der Waals surface area contributed by atoms with Crippen LogP contribution in [0.1, 0.15) is 67.2 Å². The number of fused-ring (bicyclic) bond motifs is 2. The highest BCUT2D eigenvalue weighted by molar-refractivity contribution is 5.96. The van der Waals surface area contributed by atoms with Gasteiger partial charge in [-0.05, 0) is 85.6 Å². The lowest BCUT2D eigenvalue weighted by molar-refractivity contribution is -0.0462. The summed E-state index contributed by atoms with van der Waals surface area (Å²) in [5, 5.41) is 19.3. The third-order valence-electron chi connectivity index (χ3n) is 8.16. The summed E-state index contributed by atoms with van der Waals surface area (Å²) in [6, 6.07) is 10.9. The highest BCUT2D eigenvalue weighted by Crippen LogP contribution is 2.56. The van der Waals surface area contributed by atoms with Gasteiger partial charge in [0.15, 0.2) is 0 Å². The molecule has 5 rings (SSSR count). The van der Waals surface area contributed by atoms with Crippen LogP contribution in [0.3, 0.4) is 0 Å². The van der Waals surface area contributed by atoms with Crippen LogP contribution in [-0.4, -0.2) is 32.9 Å². The summed E-state index contributed by atoms with van der Waals surface area (Å²) in [5.74, 6) is -0.996. The van der Waals surface area contributed by atoms with Crippen LogP contribution in [0.2, 0.25) is 0 Å². The van der Waals surface area contributed by atoms with Gasteiger partial charge >= 0.3 is 0 Å². The number of benzene rings is 2. The Morgan fingerprint density at radius 3 is 2.68 bits per heavy atom. The van der Waals surface area contributed by atoms with Gasteiger partial charge in [-0.3, -0.25) is 4.79 Å². The van der Waals surface area contributed by atoms with Gasteiger partial charge in [0, 0.05) is 12.0 Å². The number of nitrogens with zero attached hydrogens (tertiary/aromatic N) is 2. The number of hydrogen-bond donors (Lipinski definition) is 2. The molecule has 37 heavy (non-hydrogen) atoms. The first-order chi connectivity index (χ1) is 17.6. The van der Waals surface area contributed by atoms with Gasteiger partial charge in [-0.15, -0.1) is 0 Å². The quantitative estimate of drug-likeness (QED) is 0.437. The molecule has 2 aliphatic carbocycles. The van der Waals surface area contributed by atoms with Crippen molar-refractivity contribution in [1.82, 2.24) is 15.1 Å². The molecule has 5 nitrogen and oxygen atoms in total. The van der Waals surface area contributed by atoms with Crippen LogP contribution in [0.25, 0.3) is 11.8 Å². The van der Waals surface area contributed by atoms with Crippen molar-refractivity contribution in [2.75, 3.05) is 6.54 Å². The fourth-order valence-corrected chi connectivity index (χ4v) is 5.88. The largest absolute Gasteiger partial charge is 0.389 e. The van der Waals surface area contributed by atoms with Crippen molar-refractivity contribution in [3.8, 4) is 5.69 Å². The Hall–Kier alpha value is -3.32. The molecule has 0 radical (unpaired) electrons. The lowest BCUT2D eigenvalue weighted by Gasteiger charge is -2.42. The fraction of sp³-hybridized carbons (Fsp3) is 0.400. The van der Waals surface area contributed by atoms with Crippen molar-refractivity contribution in [2.45, 2.75) is 58.5 Å². The van der Waals surface area contributed by atoms with E-state index in [9.17, 15) is 18.7 Å². The second-order valence-electron chi connectivity index (χ2n) is 11.0. The zero-order valence-corrected chi connectivity index (χ0v) is 21.5. The number of nitrogens with one attached hydrogen (secondary N) is 1. The third-order valence-corrected chi connectivity index (χ3v) is 8.16. The molecule has 2 atom stereocenters. The molecule has 1 fully saturated rings. The number of rotatable bonds is 7. The summed E-state index contributed by atoms with van der Waals surface area (Å²) in [6.45, 7) is 6.54. The number of halogens is 2. The topological polar surface area (TPSA) is 67.2 Å². The average molecular weight is 506 g/mol. The van der Waals surface area contributed by atoms with Crippen LogP contribution in [0.4, 0.5) is 8.78 Å². The van der Waals surface area contributed by atoms with Gasteiger partial charge in [0.2, 0.25) is 0 Å². The van der Waals surface area contributed by atoms with E-state index >= 15 is 0 Å². The molecule has 0 spiro atoms. The van der Waals surface area contributed by atoms with E-state index in [0.717, 1.165) is 28.9 Å². The van der Waals surface area contributed by atoms with Crippen molar-refractivity contribution in [2.24, 2.45) is 11.3 Å².